The van der Waals surface area contributed by atoms with Crippen molar-refractivity contribution in [3.8, 4) is 0 Å². The Morgan fingerprint density at radius 3 is 2.59 bits per heavy atom. The molecule has 0 bridgehead atoms. The van der Waals surface area contributed by atoms with Crippen LogP contribution in [0.1, 0.15) is 26.0 Å². The summed E-state index contributed by atoms with van der Waals surface area (Å²) in [7, 11) is 0. The normalized spacial score (nSPS) is 19.1. The topological polar surface area (TPSA) is 118 Å². The van der Waals surface area contributed by atoms with E-state index in [0.717, 1.165) is 4.90 Å². The lowest BCUT2D eigenvalue weighted by Crippen LogP contribution is -2.43. The molecule has 0 aliphatic carbocycles. The van der Waals surface area contributed by atoms with E-state index >= 15 is 0 Å². The molecule has 4 amide bonds. The van der Waals surface area contributed by atoms with E-state index in [0.29, 0.717) is 17.1 Å². The number of halogens is 2. The number of carbonyl (C=O) groups excluding carboxylic acids is 4. The molecule has 11 heteroatoms. The first-order valence-corrected chi connectivity index (χ1v) is 8.75. The van der Waals surface area contributed by atoms with Crippen LogP contribution in [0, 0.1) is 6.92 Å². The third kappa shape index (κ3) is 4.67. The summed E-state index contributed by atoms with van der Waals surface area (Å²) in [6.07, 6.45) is 0.375. The average Bonchev–Trinajstić information content (AvgIpc) is 2.81. The second-order valence-corrected chi connectivity index (χ2v) is 6.92. The Morgan fingerprint density at radius 1 is 1.33 bits per heavy atom. The quantitative estimate of drug-likeness (QED) is 0.539. The van der Waals surface area contributed by atoms with Crippen molar-refractivity contribution >= 4 is 52.8 Å². The highest BCUT2D eigenvalue weighted by atomic mass is 35.5. The molecule has 1 aliphatic rings. The number of imide groups is 1. The van der Waals surface area contributed by atoms with E-state index in [9.17, 15) is 19.2 Å². The number of amides is 4. The standard InChI is InChI=1S/C16H18Cl2N4O5/c1-4-16(3)14(25)22(15(26)21-16)6-12(24)27-7-11(23)20-13-10(18)5-9(17)8(2)19-13/h5H,4,6-7H2,1-3H3,(H,21,26)(H,19,20,23)/t16-/m0/s1. The number of rotatable bonds is 6. The maximum Gasteiger partial charge on any atom is 0.326 e. The third-order valence-corrected chi connectivity index (χ3v) is 4.74. The molecule has 2 heterocycles. The summed E-state index contributed by atoms with van der Waals surface area (Å²) in [5, 5.41) is 5.38. The number of esters is 1. The van der Waals surface area contributed by atoms with Gasteiger partial charge in [-0.05, 0) is 26.3 Å². The van der Waals surface area contributed by atoms with Gasteiger partial charge in [0.25, 0.3) is 11.8 Å². The molecule has 1 aromatic rings. The molecule has 1 aliphatic heterocycles. The second kappa shape index (κ2) is 8.10. The van der Waals surface area contributed by atoms with Crippen molar-refractivity contribution < 1.29 is 23.9 Å². The Labute approximate surface area is 165 Å². The van der Waals surface area contributed by atoms with Gasteiger partial charge in [-0.3, -0.25) is 19.3 Å². The summed E-state index contributed by atoms with van der Waals surface area (Å²) >= 11 is 11.8. The zero-order valence-corrected chi connectivity index (χ0v) is 16.4. The van der Waals surface area contributed by atoms with Crippen LogP contribution in [0.25, 0.3) is 0 Å². The van der Waals surface area contributed by atoms with Crippen molar-refractivity contribution in [3.63, 3.8) is 0 Å². The average molecular weight is 417 g/mol. The van der Waals surface area contributed by atoms with Crippen LogP contribution in [0.5, 0.6) is 0 Å². The van der Waals surface area contributed by atoms with Crippen LogP contribution in [0.4, 0.5) is 10.6 Å². The largest absolute Gasteiger partial charge is 0.454 e. The zero-order valence-electron chi connectivity index (χ0n) is 14.9. The van der Waals surface area contributed by atoms with E-state index in [2.05, 4.69) is 15.6 Å². The van der Waals surface area contributed by atoms with Gasteiger partial charge in [0, 0.05) is 0 Å². The molecule has 0 unspecified atom stereocenters. The van der Waals surface area contributed by atoms with Gasteiger partial charge in [-0.2, -0.15) is 0 Å². The predicted octanol–water partition coefficient (Wildman–Crippen LogP) is 1.90. The lowest BCUT2D eigenvalue weighted by Gasteiger charge is -2.18. The number of aromatic nitrogens is 1. The number of hydrogen-bond donors (Lipinski definition) is 2. The van der Waals surface area contributed by atoms with Crippen LogP contribution < -0.4 is 10.6 Å². The molecule has 2 N–H and O–H groups in total. The Kier molecular flexibility index (Phi) is 6.27. The van der Waals surface area contributed by atoms with Gasteiger partial charge in [-0.25, -0.2) is 9.78 Å². The van der Waals surface area contributed by atoms with E-state index in [1.54, 1.807) is 20.8 Å². The molecule has 1 atom stereocenters. The van der Waals surface area contributed by atoms with Crippen molar-refractivity contribution in [3.05, 3.63) is 21.8 Å². The number of carbonyl (C=O) groups is 4. The van der Waals surface area contributed by atoms with E-state index in [1.807, 2.05) is 0 Å². The molecule has 1 fully saturated rings. The van der Waals surface area contributed by atoms with Crippen LogP contribution in [-0.4, -0.2) is 52.4 Å². The fraction of sp³-hybridized carbons (Fsp3) is 0.438. The van der Waals surface area contributed by atoms with Crippen molar-refractivity contribution in [2.45, 2.75) is 32.7 Å². The van der Waals surface area contributed by atoms with Crippen molar-refractivity contribution in [2.24, 2.45) is 0 Å². The van der Waals surface area contributed by atoms with Gasteiger partial charge in [0.15, 0.2) is 12.4 Å². The van der Waals surface area contributed by atoms with E-state index in [-0.39, 0.29) is 10.8 Å². The molecule has 1 aromatic heterocycles. The highest BCUT2D eigenvalue weighted by Crippen LogP contribution is 2.25. The number of nitrogens with zero attached hydrogens (tertiary/aromatic N) is 2. The molecule has 146 valence electrons. The summed E-state index contributed by atoms with van der Waals surface area (Å²) in [5.74, 6) is -2.04. The summed E-state index contributed by atoms with van der Waals surface area (Å²) in [4.78, 5) is 52.6. The monoisotopic (exact) mass is 416 g/mol. The van der Waals surface area contributed by atoms with Gasteiger partial charge in [0.1, 0.15) is 12.1 Å². The Morgan fingerprint density at radius 2 is 2.00 bits per heavy atom. The molecule has 1 saturated heterocycles. The molecule has 0 aromatic carbocycles. The van der Waals surface area contributed by atoms with Gasteiger partial charge in [-0.1, -0.05) is 30.1 Å². The van der Waals surface area contributed by atoms with Crippen molar-refractivity contribution in [1.82, 2.24) is 15.2 Å². The van der Waals surface area contributed by atoms with Crippen LogP contribution >= 0.6 is 23.2 Å². The number of aryl methyl sites for hydroxylation is 1. The van der Waals surface area contributed by atoms with E-state index in [4.69, 9.17) is 27.9 Å². The Bertz CT molecular complexity index is 816. The second-order valence-electron chi connectivity index (χ2n) is 6.10. The highest BCUT2D eigenvalue weighted by Gasteiger charge is 2.47. The Hall–Kier alpha value is -2.39. The fourth-order valence-corrected chi connectivity index (χ4v) is 2.67. The number of anilines is 1. The number of nitrogens with one attached hydrogen (secondary N) is 2. The minimum Gasteiger partial charge on any atom is -0.454 e. The van der Waals surface area contributed by atoms with Crippen LogP contribution in [0.15, 0.2) is 6.07 Å². The number of pyridine rings is 1. The Balaban J connectivity index is 1.89. The summed E-state index contributed by atoms with van der Waals surface area (Å²) in [6.45, 7) is 3.72. The van der Waals surface area contributed by atoms with Gasteiger partial charge in [0.05, 0.1) is 15.7 Å². The zero-order chi connectivity index (χ0) is 20.4. The first-order chi connectivity index (χ1) is 12.6. The molecule has 27 heavy (non-hydrogen) atoms. The molecular weight excluding hydrogens is 399 g/mol. The minimum atomic E-state index is -1.05. The molecule has 2 rings (SSSR count). The van der Waals surface area contributed by atoms with Gasteiger partial charge in [0.2, 0.25) is 0 Å². The first-order valence-electron chi connectivity index (χ1n) is 7.99. The molecular formula is C16H18Cl2N4O5. The lowest BCUT2D eigenvalue weighted by atomic mass is 9.99. The number of ether oxygens (including phenoxy) is 1. The van der Waals surface area contributed by atoms with Gasteiger partial charge >= 0.3 is 12.0 Å². The summed E-state index contributed by atoms with van der Waals surface area (Å²) in [6, 6.07) is 0.744. The van der Waals surface area contributed by atoms with Gasteiger partial charge in [-0.15, -0.1) is 0 Å². The van der Waals surface area contributed by atoms with E-state index in [1.165, 1.54) is 6.07 Å². The summed E-state index contributed by atoms with van der Waals surface area (Å²) in [5.41, 5.74) is -0.588. The maximum absolute atomic E-state index is 12.2. The maximum atomic E-state index is 12.2. The minimum absolute atomic E-state index is 0.0763. The lowest BCUT2D eigenvalue weighted by molar-refractivity contribution is -0.150. The fourth-order valence-electron chi connectivity index (χ4n) is 2.27. The number of hydrogen-bond acceptors (Lipinski definition) is 6. The van der Waals surface area contributed by atoms with Crippen molar-refractivity contribution in [1.29, 1.82) is 0 Å². The predicted molar refractivity (Wildman–Crippen MR) is 97.5 cm³/mol. The van der Waals surface area contributed by atoms with Crippen LogP contribution in [0.2, 0.25) is 10.0 Å². The molecule has 0 saturated carbocycles. The molecule has 0 spiro atoms. The first kappa shape index (κ1) is 20.9. The number of urea groups is 1. The third-order valence-electron chi connectivity index (χ3n) is 4.07. The highest BCUT2D eigenvalue weighted by molar-refractivity contribution is 6.36. The summed E-state index contributed by atoms with van der Waals surface area (Å²) < 4.78 is 4.81. The SMILES string of the molecule is CC[C@]1(C)NC(=O)N(CC(=O)OCC(=O)Nc2nc(C)c(Cl)cc2Cl)C1=O. The molecule has 0 radical (unpaired) electrons. The smallest absolute Gasteiger partial charge is 0.326 e. The van der Waals surface area contributed by atoms with Crippen LogP contribution in [-0.2, 0) is 19.1 Å². The van der Waals surface area contributed by atoms with E-state index < -0.39 is 42.5 Å². The van der Waals surface area contributed by atoms with Crippen molar-refractivity contribution in [2.75, 3.05) is 18.5 Å². The molecule has 9 nitrogen and oxygen atoms in total. The van der Waals surface area contributed by atoms with Gasteiger partial charge < -0.3 is 15.4 Å². The van der Waals surface area contributed by atoms with Crippen LogP contribution in [0.3, 0.4) is 0 Å².